The molecule has 2 aromatic carbocycles. The summed E-state index contributed by atoms with van der Waals surface area (Å²) in [6.07, 6.45) is 2.15. The average Bonchev–Trinajstić information content (AvgIpc) is 2.60. The van der Waals surface area contributed by atoms with E-state index in [4.69, 9.17) is 0 Å². The maximum absolute atomic E-state index is 3.59. The zero-order valence-electron chi connectivity index (χ0n) is 17.8. The first kappa shape index (κ1) is 21.5. The van der Waals surface area contributed by atoms with Crippen LogP contribution in [0.15, 0.2) is 71.9 Å². The molecule has 2 rings (SSSR count). The topological polar surface area (TPSA) is 0 Å². The molecule has 0 aliphatic heterocycles. The van der Waals surface area contributed by atoms with Crippen molar-refractivity contribution in [3.05, 3.63) is 83.1 Å². The number of benzene rings is 2. The monoisotopic (exact) mass is 390 g/mol. The van der Waals surface area contributed by atoms with Crippen molar-refractivity contribution in [3.63, 3.8) is 0 Å². The summed E-state index contributed by atoms with van der Waals surface area (Å²) < 4.78 is 0. The van der Waals surface area contributed by atoms with E-state index in [1.807, 2.05) is 0 Å². The second-order valence-electron chi connectivity index (χ2n) is 9.45. The average molecular weight is 391 g/mol. The molecule has 0 radical (unpaired) electrons. The highest BCUT2D eigenvalue weighted by Gasteiger charge is 2.16. The Labute approximate surface area is 168 Å². The number of rotatable bonds is 6. The van der Waals surface area contributed by atoms with Gasteiger partial charge in [-0.05, 0) is 29.5 Å². The third-order valence-electron chi connectivity index (χ3n) is 4.31. The summed E-state index contributed by atoms with van der Waals surface area (Å²) in [5.74, 6) is 4.00. The van der Waals surface area contributed by atoms with Crippen LogP contribution in [0.2, 0.25) is 39.3 Å². The predicted octanol–water partition coefficient (Wildman–Crippen LogP) is 7.28. The fourth-order valence-electron chi connectivity index (χ4n) is 3.16. The minimum atomic E-state index is -1.37. The molecule has 0 aliphatic rings. The second kappa shape index (κ2) is 9.39. The van der Waals surface area contributed by atoms with Gasteiger partial charge in [-0.25, -0.2) is 0 Å². The van der Waals surface area contributed by atoms with Crippen LogP contribution in [0.1, 0.15) is 29.9 Å². The smallest absolute Gasteiger partial charge is 0.127 e. The summed E-state index contributed by atoms with van der Waals surface area (Å²) >= 11 is 0. The molecule has 0 bridgehead atoms. The molecule has 0 amide bonds. The molecule has 2 heteroatoms. The first-order chi connectivity index (χ1) is 12.6. The van der Waals surface area contributed by atoms with Crippen LogP contribution < -0.4 is 0 Å². The second-order valence-corrected chi connectivity index (χ2v) is 19.2. The van der Waals surface area contributed by atoms with Crippen molar-refractivity contribution in [2.75, 3.05) is 0 Å². The third kappa shape index (κ3) is 8.16. The molecule has 2 aromatic rings. The molecule has 142 valence electrons. The van der Waals surface area contributed by atoms with Gasteiger partial charge in [0.25, 0.3) is 0 Å². The standard InChI is InChI=1S/C25H34Si2/c1-26(2,3)20-19-22(21-27(4,5)6)17-18-25(23-13-9-7-10-14-23)24-15-11-8-12-16-24/h7-16,21,25H,17-18H2,1-6H3/b22-21-. The van der Waals surface area contributed by atoms with Crippen LogP contribution in [0.4, 0.5) is 0 Å². The lowest BCUT2D eigenvalue weighted by atomic mass is 9.86. The van der Waals surface area contributed by atoms with Gasteiger partial charge in [-0.3, -0.25) is 0 Å². The fourth-order valence-corrected chi connectivity index (χ4v) is 4.95. The number of allylic oxidation sites excluding steroid dienone is 1. The molecule has 0 aliphatic carbocycles. The summed E-state index contributed by atoms with van der Waals surface area (Å²) in [7, 11) is -2.66. The van der Waals surface area contributed by atoms with Crippen LogP contribution in [0, 0.1) is 11.5 Å². The van der Waals surface area contributed by atoms with Gasteiger partial charge in [0.2, 0.25) is 0 Å². The Morgan fingerprint density at radius 2 is 1.30 bits per heavy atom. The first-order valence-electron chi connectivity index (χ1n) is 9.99. The van der Waals surface area contributed by atoms with E-state index in [0.29, 0.717) is 5.92 Å². The number of hydrogen-bond donors (Lipinski definition) is 0. The van der Waals surface area contributed by atoms with Crippen LogP contribution in [-0.2, 0) is 0 Å². The van der Waals surface area contributed by atoms with E-state index in [9.17, 15) is 0 Å². The van der Waals surface area contributed by atoms with Crippen LogP contribution in [-0.4, -0.2) is 16.1 Å². The summed E-state index contributed by atoms with van der Waals surface area (Å²) in [5, 5.41) is 0. The summed E-state index contributed by atoms with van der Waals surface area (Å²) in [6.45, 7) is 14.2. The van der Waals surface area contributed by atoms with E-state index in [0.717, 1.165) is 12.8 Å². The highest BCUT2D eigenvalue weighted by molar-refractivity contribution is 6.84. The molecule has 0 heterocycles. The van der Waals surface area contributed by atoms with Crippen LogP contribution in [0.3, 0.4) is 0 Å². The Kier molecular flexibility index (Phi) is 7.47. The highest BCUT2D eigenvalue weighted by Crippen LogP contribution is 2.30. The lowest BCUT2D eigenvalue weighted by Gasteiger charge is -2.19. The molecule has 0 nitrogen and oxygen atoms in total. The lowest BCUT2D eigenvalue weighted by molar-refractivity contribution is 0.719. The molecule has 0 N–H and O–H groups in total. The SMILES string of the molecule is C[Si](C)(C)C#C/C(=C\[Si](C)(C)C)CCC(c1ccccc1)c1ccccc1. The van der Waals surface area contributed by atoms with Crippen LogP contribution >= 0.6 is 0 Å². The molecule has 0 saturated carbocycles. The van der Waals surface area contributed by atoms with Crippen molar-refractivity contribution >= 4 is 16.1 Å². The van der Waals surface area contributed by atoms with Gasteiger partial charge in [-0.1, -0.05) is 112 Å². The van der Waals surface area contributed by atoms with Gasteiger partial charge in [0.05, 0.1) is 8.07 Å². The van der Waals surface area contributed by atoms with Crippen molar-refractivity contribution < 1.29 is 0 Å². The predicted molar refractivity (Wildman–Crippen MR) is 127 cm³/mol. The Morgan fingerprint density at radius 1 is 0.815 bits per heavy atom. The molecule has 0 unspecified atom stereocenters. The summed E-state index contributed by atoms with van der Waals surface area (Å²) in [6, 6.07) is 21.8. The van der Waals surface area contributed by atoms with Gasteiger partial charge in [0, 0.05) is 5.92 Å². The van der Waals surface area contributed by atoms with Crippen molar-refractivity contribution in [1.82, 2.24) is 0 Å². The Hall–Kier alpha value is -1.83. The molecular formula is C25H34Si2. The van der Waals surface area contributed by atoms with E-state index in [-0.39, 0.29) is 0 Å². The van der Waals surface area contributed by atoms with E-state index in [1.165, 1.54) is 16.7 Å². The summed E-state index contributed by atoms with van der Waals surface area (Å²) in [5.41, 5.74) is 10.2. The van der Waals surface area contributed by atoms with Crippen LogP contribution in [0.25, 0.3) is 0 Å². The summed E-state index contributed by atoms with van der Waals surface area (Å²) in [4.78, 5) is 0. The van der Waals surface area contributed by atoms with Crippen molar-refractivity contribution in [2.45, 2.75) is 58.0 Å². The molecule has 0 fully saturated rings. The van der Waals surface area contributed by atoms with Gasteiger partial charge < -0.3 is 0 Å². The quantitative estimate of drug-likeness (QED) is 0.359. The molecule has 0 spiro atoms. The van der Waals surface area contributed by atoms with Gasteiger partial charge in [-0.2, -0.15) is 0 Å². The van der Waals surface area contributed by atoms with Gasteiger partial charge in [0.15, 0.2) is 0 Å². The van der Waals surface area contributed by atoms with Crippen molar-refractivity contribution in [2.24, 2.45) is 0 Å². The molecule has 0 atom stereocenters. The minimum absolute atomic E-state index is 0.422. The molecular weight excluding hydrogens is 356 g/mol. The van der Waals surface area contributed by atoms with Crippen molar-refractivity contribution in [3.8, 4) is 11.5 Å². The normalized spacial score (nSPS) is 12.6. The molecule has 0 aromatic heterocycles. The Morgan fingerprint density at radius 3 is 1.70 bits per heavy atom. The lowest BCUT2D eigenvalue weighted by Crippen LogP contribution is -2.18. The maximum atomic E-state index is 3.59. The first-order valence-corrected chi connectivity index (χ1v) is 17.1. The van der Waals surface area contributed by atoms with E-state index < -0.39 is 16.1 Å². The molecule has 0 saturated heterocycles. The van der Waals surface area contributed by atoms with Crippen molar-refractivity contribution in [1.29, 1.82) is 0 Å². The minimum Gasteiger partial charge on any atom is -0.127 e. The van der Waals surface area contributed by atoms with Gasteiger partial charge in [-0.15, -0.1) is 5.54 Å². The van der Waals surface area contributed by atoms with Crippen LogP contribution in [0.5, 0.6) is 0 Å². The maximum Gasteiger partial charge on any atom is 0.129 e. The van der Waals surface area contributed by atoms with E-state index in [2.05, 4.69) is 117 Å². The Balaban J connectivity index is 2.30. The van der Waals surface area contributed by atoms with Gasteiger partial charge >= 0.3 is 0 Å². The van der Waals surface area contributed by atoms with E-state index >= 15 is 0 Å². The highest BCUT2D eigenvalue weighted by atomic mass is 28.3. The largest absolute Gasteiger partial charge is 0.129 e. The number of hydrogen-bond acceptors (Lipinski definition) is 0. The fraction of sp³-hybridized carbons (Fsp3) is 0.360. The third-order valence-corrected chi connectivity index (χ3v) is 6.40. The Bertz CT molecular complexity index is 755. The van der Waals surface area contributed by atoms with Gasteiger partial charge in [0.1, 0.15) is 8.07 Å². The zero-order valence-corrected chi connectivity index (χ0v) is 19.8. The molecule has 27 heavy (non-hydrogen) atoms. The zero-order chi connectivity index (χ0) is 19.9. The van der Waals surface area contributed by atoms with E-state index in [1.54, 1.807) is 0 Å².